The minimum atomic E-state index is 0.0250. The van der Waals surface area contributed by atoms with Crippen LogP contribution in [0.5, 0.6) is 0 Å². The van der Waals surface area contributed by atoms with Crippen molar-refractivity contribution in [1.29, 1.82) is 0 Å². The van der Waals surface area contributed by atoms with Crippen molar-refractivity contribution in [1.82, 2.24) is 14.5 Å². The molecular formula is C21H26N4OS. The molecular weight excluding hydrogens is 356 g/mol. The number of aromatic nitrogens is 2. The van der Waals surface area contributed by atoms with Gasteiger partial charge in [-0.1, -0.05) is 6.07 Å². The van der Waals surface area contributed by atoms with Gasteiger partial charge in [-0.05, 0) is 83.1 Å². The zero-order valence-corrected chi connectivity index (χ0v) is 17.5. The molecule has 0 bridgehead atoms. The second-order valence-corrected chi connectivity index (χ2v) is 8.24. The number of hydrogen-bond acceptors (Lipinski definition) is 4. The molecule has 0 atom stereocenters. The number of aliphatic imine (C=N–C) groups is 1. The number of rotatable bonds is 4. The molecule has 0 radical (unpaired) electrons. The fraction of sp³-hybridized carbons (Fsp3) is 0.381. The Kier molecular flexibility index (Phi) is 5.56. The Morgan fingerprint density at radius 1 is 1.19 bits per heavy atom. The second kappa shape index (κ2) is 7.72. The van der Waals surface area contributed by atoms with Gasteiger partial charge in [0, 0.05) is 29.7 Å². The summed E-state index contributed by atoms with van der Waals surface area (Å²) in [5.41, 5.74) is 3.19. The van der Waals surface area contributed by atoms with E-state index in [2.05, 4.69) is 34.5 Å². The maximum Gasteiger partial charge on any atom is 0.266 e. The molecule has 0 aromatic carbocycles. The average Bonchev–Trinajstić information content (AvgIpc) is 3.04. The lowest BCUT2D eigenvalue weighted by atomic mass is 10.2. The third kappa shape index (κ3) is 3.86. The van der Waals surface area contributed by atoms with E-state index in [1.54, 1.807) is 11.1 Å². The fourth-order valence-electron chi connectivity index (χ4n) is 3.17. The summed E-state index contributed by atoms with van der Waals surface area (Å²) in [5, 5.41) is 0.787. The Bertz CT molecular complexity index is 910. The third-order valence-electron chi connectivity index (χ3n) is 4.36. The molecule has 5 nitrogen and oxygen atoms in total. The minimum absolute atomic E-state index is 0.0250. The van der Waals surface area contributed by atoms with Crippen molar-refractivity contribution < 1.29 is 4.79 Å². The molecule has 1 fully saturated rings. The molecule has 0 aliphatic carbocycles. The summed E-state index contributed by atoms with van der Waals surface area (Å²) >= 11 is 1.46. The molecule has 27 heavy (non-hydrogen) atoms. The zero-order valence-electron chi connectivity index (χ0n) is 16.7. The first kappa shape index (κ1) is 19.4. The molecule has 3 heterocycles. The van der Waals surface area contributed by atoms with E-state index < -0.39 is 0 Å². The number of thioether (sulfide) groups is 1. The summed E-state index contributed by atoms with van der Waals surface area (Å²) in [5.74, 6) is 0.908. The van der Waals surface area contributed by atoms with Gasteiger partial charge >= 0.3 is 0 Å². The van der Waals surface area contributed by atoms with Gasteiger partial charge in [-0.3, -0.25) is 14.7 Å². The summed E-state index contributed by atoms with van der Waals surface area (Å²) < 4.78 is 2.11. The van der Waals surface area contributed by atoms with Crippen LogP contribution in [0.15, 0.2) is 40.4 Å². The van der Waals surface area contributed by atoms with Crippen LogP contribution in [0.2, 0.25) is 0 Å². The lowest BCUT2D eigenvalue weighted by Crippen LogP contribution is -2.35. The number of pyridine rings is 1. The molecule has 0 spiro atoms. The highest BCUT2D eigenvalue weighted by Crippen LogP contribution is 2.35. The number of hydrogen-bond donors (Lipinski definition) is 0. The van der Waals surface area contributed by atoms with E-state index in [1.165, 1.54) is 11.8 Å². The van der Waals surface area contributed by atoms with Crippen LogP contribution >= 0.6 is 11.8 Å². The topological polar surface area (TPSA) is 50.5 Å². The standard InChI is InChI=1S/C21H26N4OS/c1-13(2)23-21-24(14(3)4)20(26)18(27-21)12-17-11-15(5)25(16(17)6)19-9-7-8-10-22-19/h7-14H,1-6H3/b18-12+,23-21?. The fourth-order valence-corrected chi connectivity index (χ4v) is 4.39. The Balaban J connectivity index is 2.02. The van der Waals surface area contributed by atoms with Crippen molar-refractivity contribution in [2.45, 2.75) is 53.6 Å². The van der Waals surface area contributed by atoms with Crippen molar-refractivity contribution >= 4 is 28.9 Å². The molecule has 1 amide bonds. The third-order valence-corrected chi connectivity index (χ3v) is 5.35. The average molecular weight is 383 g/mol. The quantitative estimate of drug-likeness (QED) is 0.728. The van der Waals surface area contributed by atoms with Crippen LogP contribution in [-0.4, -0.2) is 37.6 Å². The summed E-state index contributed by atoms with van der Waals surface area (Å²) in [6.07, 6.45) is 3.77. The molecule has 3 rings (SSSR count). The number of carbonyl (C=O) groups excluding carboxylic acids is 1. The SMILES string of the molecule is Cc1cc(/C=C2/SC(=NC(C)C)N(C(C)C)C2=O)c(C)n1-c1ccccn1. The van der Waals surface area contributed by atoms with Gasteiger partial charge in [0.2, 0.25) is 0 Å². The van der Waals surface area contributed by atoms with Crippen LogP contribution in [0.3, 0.4) is 0 Å². The number of nitrogens with zero attached hydrogens (tertiary/aromatic N) is 4. The van der Waals surface area contributed by atoms with Crippen LogP contribution in [0.25, 0.3) is 11.9 Å². The summed E-state index contributed by atoms with van der Waals surface area (Å²) in [7, 11) is 0. The normalized spacial score (nSPS) is 17.9. The van der Waals surface area contributed by atoms with Crippen LogP contribution in [0.4, 0.5) is 0 Å². The molecule has 0 unspecified atom stereocenters. The summed E-state index contributed by atoms with van der Waals surface area (Å²) in [6, 6.07) is 8.20. The van der Waals surface area contributed by atoms with Crippen molar-refractivity contribution in [3.05, 3.63) is 52.3 Å². The van der Waals surface area contributed by atoms with Gasteiger partial charge < -0.3 is 4.57 Å². The predicted octanol–water partition coefficient (Wildman–Crippen LogP) is 4.58. The molecule has 142 valence electrons. The van der Waals surface area contributed by atoms with Gasteiger partial charge in [-0.2, -0.15) is 0 Å². The molecule has 2 aromatic heterocycles. The highest BCUT2D eigenvalue weighted by atomic mass is 32.2. The lowest BCUT2D eigenvalue weighted by molar-refractivity contribution is -0.123. The molecule has 1 saturated heterocycles. The molecule has 0 saturated carbocycles. The van der Waals surface area contributed by atoms with E-state index in [0.29, 0.717) is 4.91 Å². The van der Waals surface area contributed by atoms with Crippen LogP contribution in [0.1, 0.15) is 44.6 Å². The van der Waals surface area contributed by atoms with Crippen LogP contribution < -0.4 is 0 Å². The van der Waals surface area contributed by atoms with Crippen molar-refractivity contribution in [2.24, 2.45) is 4.99 Å². The summed E-state index contributed by atoms with van der Waals surface area (Å²) in [4.78, 5) is 24.5. The number of amides is 1. The van der Waals surface area contributed by atoms with E-state index >= 15 is 0 Å². The van der Waals surface area contributed by atoms with E-state index in [9.17, 15) is 4.79 Å². The first-order chi connectivity index (χ1) is 12.8. The van der Waals surface area contributed by atoms with Crippen LogP contribution in [-0.2, 0) is 4.79 Å². The van der Waals surface area contributed by atoms with Gasteiger partial charge in [-0.25, -0.2) is 4.98 Å². The van der Waals surface area contributed by atoms with Gasteiger partial charge in [0.25, 0.3) is 5.91 Å². The largest absolute Gasteiger partial charge is 0.303 e. The molecule has 1 aliphatic heterocycles. The summed E-state index contributed by atoms with van der Waals surface area (Å²) in [6.45, 7) is 12.2. The maximum absolute atomic E-state index is 13.0. The molecule has 1 aliphatic rings. The van der Waals surface area contributed by atoms with Gasteiger partial charge in [0.15, 0.2) is 5.17 Å². The van der Waals surface area contributed by atoms with Crippen molar-refractivity contribution in [3.8, 4) is 5.82 Å². The van der Waals surface area contributed by atoms with Gasteiger partial charge in [0.05, 0.1) is 4.91 Å². The first-order valence-corrected chi connectivity index (χ1v) is 10.0. The van der Waals surface area contributed by atoms with Crippen molar-refractivity contribution in [2.75, 3.05) is 0 Å². The highest BCUT2D eigenvalue weighted by molar-refractivity contribution is 8.18. The molecule has 2 aromatic rings. The number of aryl methyl sites for hydroxylation is 1. The Morgan fingerprint density at radius 2 is 1.93 bits per heavy atom. The molecule has 6 heteroatoms. The smallest absolute Gasteiger partial charge is 0.266 e. The predicted molar refractivity (Wildman–Crippen MR) is 113 cm³/mol. The van der Waals surface area contributed by atoms with Crippen LogP contribution in [0, 0.1) is 13.8 Å². The van der Waals surface area contributed by atoms with E-state index in [4.69, 9.17) is 0 Å². The van der Waals surface area contributed by atoms with E-state index in [1.807, 2.05) is 52.0 Å². The number of carbonyl (C=O) groups is 1. The Hall–Kier alpha value is -2.34. The minimum Gasteiger partial charge on any atom is -0.303 e. The van der Waals surface area contributed by atoms with Crippen molar-refractivity contribution in [3.63, 3.8) is 0 Å². The zero-order chi connectivity index (χ0) is 19.7. The lowest BCUT2D eigenvalue weighted by Gasteiger charge is -2.20. The monoisotopic (exact) mass is 382 g/mol. The Labute approximate surface area is 165 Å². The van der Waals surface area contributed by atoms with Gasteiger partial charge in [0.1, 0.15) is 5.82 Å². The Morgan fingerprint density at radius 3 is 2.52 bits per heavy atom. The number of amidine groups is 1. The molecule has 0 N–H and O–H groups in total. The van der Waals surface area contributed by atoms with Gasteiger partial charge in [-0.15, -0.1) is 0 Å². The first-order valence-electron chi connectivity index (χ1n) is 9.20. The highest BCUT2D eigenvalue weighted by Gasteiger charge is 2.35. The second-order valence-electron chi connectivity index (χ2n) is 7.23. The van der Waals surface area contributed by atoms with E-state index in [-0.39, 0.29) is 18.0 Å². The maximum atomic E-state index is 13.0. The van der Waals surface area contributed by atoms with E-state index in [0.717, 1.165) is 27.9 Å².